The molecule has 0 fully saturated rings. The monoisotopic (exact) mass is 148 g/mol. The molecule has 0 spiro atoms. The lowest BCUT2D eigenvalue weighted by atomic mass is 10.5. The fourth-order valence-corrected chi connectivity index (χ4v) is 0.445. The third-order valence-corrected chi connectivity index (χ3v) is 0.819. The van der Waals surface area contributed by atoms with Crippen LogP contribution in [0.1, 0.15) is 5.82 Å². The molecule has 0 saturated heterocycles. The van der Waals surface area contributed by atoms with Gasteiger partial charge in [-0.3, -0.25) is 0 Å². The highest BCUT2D eigenvalue weighted by Gasteiger charge is 2.33. The summed E-state index contributed by atoms with van der Waals surface area (Å²) in [5.74, 6) is -1.10. The molecule has 54 valence electrons. The van der Waals surface area contributed by atoms with Gasteiger partial charge < -0.3 is 0 Å². The molecule has 0 saturated carbocycles. The van der Waals surface area contributed by atoms with E-state index in [1.807, 2.05) is 0 Å². The quantitative estimate of drug-likeness (QED) is 0.557. The molecule has 10 heavy (non-hydrogen) atoms. The highest BCUT2D eigenvalue weighted by atomic mass is 19.4. The van der Waals surface area contributed by atoms with Crippen molar-refractivity contribution >= 4 is 0 Å². The molecule has 0 N–H and O–H groups in total. The highest BCUT2D eigenvalue weighted by Crippen LogP contribution is 2.24. The van der Waals surface area contributed by atoms with Crippen LogP contribution in [0.5, 0.6) is 0 Å². The maximum atomic E-state index is 11.7. The molecule has 1 aromatic heterocycles. The Balaban J connectivity index is 2.97. The minimum absolute atomic E-state index is 1.05. The number of hydrogen-bond donors (Lipinski definition) is 0. The van der Waals surface area contributed by atoms with Crippen molar-refractivity contribution in [1.82, 2.24) is 9.97 Å². The second-order valence-electron chi connectivity index (χ2n) is 1.57. The summed E-state index contributed by atoms with van der Waals surface area (Å²) >= 11 is 0. The first-order valence-corrected chi connectivity index (χ1v) is 2.45. The number of hydrogen-bond acceptors (Lipinski definition) is 2. The van der Waals surface area contributed by atoms with Gasteiger partial charge in [0, 0.05) is 12.4 Å². The van der Waals surface area contributed by atoms with E-state index in [-0.39, 0.29) is 0 Å². The van der Waals surface area contributed by atoms with E-state index in [2.05, 4.69) is 9.97 Å². The van der Waals surface area contributed by atoms with E-state index >= 15 is 0 Å². The molecule has 0 amide bonds. The molecular weight excluding hydrogens is 145 g/mol. The number of rotatable bonds is 0. The van der Waals surface area contributed by atoms with Crippen LogP contribution >= 0.6 is 0 Å². The van der Waals surface area contributed by atoms with Crippen molar-refractivity contribution in [3.63, 3.8) is 0 Å². The smallest absolute Gasteiger partial charge is 0.233 e. The van der Waals surface area contributed by atoms with E-state index < -0.39 is 12.0 Å². The van der Waals surface area contributed by atoms with E-state index in [9.17, 15) is 13.2 Å². The van der Waals surface area contributed by atoms with Gasteiger partial charge >= 0.3 is 6.18 Å². The van der Waals surface area contributed by atoms with Gasteiger partial charge in [-0.2, -0.15) is 13.2 Å². The van der Waals surface area contributed by atoms with Crippen LogP contribution < -0.4 is 0 Å². The third kappa shape index (κ3) is 1.43. The van der Waals surface area contributed by atoms with Gasteiger partial charge in [-0.1, -0.05) is 0 Å². The largest absolute Gasteiger partial charge is 0.451 e. The number of nitrogens with zero attached hydrogens (tertiary/aromatic N) is 2. The van der Waals surface area contributed by atoms with Crippen molar-refractivity contribution in [2.75, 3.05) is 0 Å². The van der Waals surface area contributed by atoms with E-state index in [4.69, 9.17) is 0 Å². The fourth-order valence-electron chi connectivity index (χ4n) is 0.445. The fraction of sp³-hybridized carbons (Fsp3) is 0.200. The SMILES string of the molecule is FC(F)(F)c1ncccn1. The molecule has 0 atom stereocenters. The molecule has 0 aliphatic carbocycles. The van der Waals surface area contributed by atoms with Crippen LogP contribution in [0.3, 0.4) is 0 Å². The molecule has 5 heteroatoms. The highest BCUT2D eigenvalue weighted by molar-refractivity contribution is 4.92. The second kappa shape index (κ2) is 2.24. The standard InChI is InChI=1S/C5H3F3N2/c6-5(7,8)4-9-2-1-3-10-4/h1-3H. The van der Waals surface area contributed by atoms with Crippen LogP contribution in [0.15, 0.2) is 18.5 Å². The van der Waals surface area contributed by atoms with E-state index in [0.717, 1.165) is 12.4 Å². The molecular formula is C5H3F3N2. The average Bonchev–Trinajstić information content (AvgIpc) is 1.88. The summed E-state index contributed by atoms with van der Waals surface area (Å²) in [5.41, 5.74) is 0. The molecule has 0 aliphatic rings. The minimum atomic E-state index is -4.43. The van der Waals surface area contributed by atoms with Crippen LogP contribution in [0.4, 0.5) is 13.2 Å². The predicted octanol–water partition coefficient (Wildman–Crippen LogP) is 1.50. The Bertz CT molecular complexity index is 206. The lowest BCUT2D eigenvalue weighted by Gasteiger charge is -2.01. The Hall–Kier alpha value is -1.13. The minimum Gasteiger partial charge on any atom is -0.233 e. The van der Waals surface area contributed by atoms with Gasteiger partial charge in [0.2, 0.25) is 5.82 Å². The lowest BCUT2D eigenvalue weighted by molar-refractivity contribution is -0.145. The molecule has 0 radical (unpaired) electrons. The van der Waals surface area contributed by atoms with Crippen molar-refractivity contribution in [1.29, 1.82) is 0 Å². The first-order valence-electron chi connectivity index (χ1n) is 2.45. The molecule has 1 heterocycles. The van der Waals surface area contributed by atoms with Crippen LogP contribution in [0.2, 0.25) is 0 Å². The maximum Gasteiger partial charge on any atom is 0.451 e. The molecule has 1 aromatic rings. The molecule has 0 bridgehead atoms. The Morgan fingerprint density at radius 1 is 1.10 bits per heavy atom. The third-order valence-electron chi connectivity index (χ3n) is 0.819. The first-order chi connectivity index (χ1) is 4.61. The van der Waals surface area contributed by atoms with Crippen molar-refractivity contribution in [3.8, 4) is 0 Å². The Kier molecular flexibility index (Phi) is 1.57. The van der Waals surface area contributed by atoms with Crippen molar-refractivity contribution in [3.05, 3.63) is 24.3 Å². The van der Waals surface area contributed by atoms with Gasteiger partial charge in [0.05, 0.1) is 0 Å². The number of alkyl halides is 3. The molecule has 1 rings (SSSR count). The van der Waals surface area contributed by atoms with Crippen LogP contribution in [-0.4, -0.2) is 9.97 Å². The normalized spacial score (nSPS) is 11.5. The van der Waals surface area contributed by atoms with Gasteiger partial charge in [0.25, 0.3) is 0 Å². The molecule has 2 nitrogen and oxygen atoms in total. The van der Waals surface area contributed by atoms with E-state index in [1.54, 1.807) is 0 Å². The van der Waals surface area contributed by atoms with Crippen LogP contribution in [0, 0.1) is 0 Å². The molecule has 0 unspecified atom stereocenters. The van der Waals surface area contributed by atoms with Crippen molar-refractivity contribution in [2.45, 2.75) is 6.18 Å². The summed E-state index contributed by atoms with van der Waals surface area (Å²) in [7, 11) is 0. The van der Waals surface area contributed by atoms with E-state index in [1.165, 1.54) is 6.07 Å². The zero-order valence-corrected chi connectivity index (χ0v) is 4.76. The summed E-state index contributed by atoms with van der Waals surface area (Å²) < 4.78 is 35.0. The van der Waals surface area contributed by atoms with E-state index in [0.29, 0.717) is 0 Å². The van der Waals surface area contributed by atoms with Crippen LogP contribution in [-0.2, 0) is 6.18 Å². The summed E-state index contributed by atoms with van der Waals surface area (Å²) in [4.78, 5) is 6.03. The Labute approximate surface area is 54.7 Å². The number of halogens is 3. The van der Waals surface area contributed by atoms with Gasteiger partial charge in [-0.15, -0.1) is 0 Å². The lowest BCUT2D eigenvalue weighted by Crippen LogP contribution is -2.09. The van der Waals surface area contributed by atoms with Gasteiger partial charge in [0.1, 0.15) is 0 Å². The zero-order chi connectivity index (χ0) is 7.61. The predicted molar refractivity (Wildman–Crippen MR) is 27.0 cm³/mol. The summed E-state index contributed by atoms with van der Waals surface area (Å²) in [6.45, 7) is 0. The van der Waals surface area contributed by atoms with Crippen LogP contribution in [0.25, 0.3) is 0 Å². The number of aromatic nitrogens is 2. The Morgan fingerprint density at radius 2 is 1.60 bits per heavy atom. The topological polar surface area (TPSA) is 25.8 Å². The Morgan fingerprint density at radius 3 is 1.90 bits per heavy atom. The first kappa shape index (κ1) is 6.98. The molecule has 0 aromatic carbocycles. The zero-order valence-electron chi connectivity index (χ0n) is 4.76. The summed E-state index contributed by atoms with van der Waals surface area (Å²) in [6.07, 6.45) is -2.33. The molecule has 0 aliphatic heterocycles. The van der Waals surface area contributed by atoms with Gasteiger partial charge in [-0.25, -0.2) is 9.97 Å². The summed E-state index contributed by atoms with van der Waals surface area (Å²) in [5, 5.41) is 0. The average molecular weight is 148 g/mol. The van der Waals surface area contributed by atoms with Gasteiger partial charge in [-0.05, 0) is 6.07 Å². The van der Waals surface area contributed by atoms with Gasteiger partial charge in [0.15, 0.2) is 0 Å². The maximum absolute atomic E-state index is 11.7. The van der Waals surface area contributed by atoms with Crippen molar-refractivity contribution < 1.29 is 13.2 Å². The summed E-state index contributed by atoms with van der Waals surface area (Å²) in [6, 6.07) is 1.33. The second-order valence-corrected chi connectivity index (χ2v) is 1.57. The van der Waals surface area contributed by atoms with Crippen molar-refractivity contribution in [2.24, 2.45) is 0 Å².